The third kappa shape index (κ3) is 2.71. The lowest BCUT2D eigenvalue weighted by molar-refractivity contribution is -0.385. The molecule has 0 spiro atoms. The molecule has 6 heteroatoms. The summed E-state index contributed by atoms with van der Waals surface area (Å²) >= 11 is 5.84. The largest absolute Gasteiger partial charge is 0.334 e. The van der Waals surface area contributed by atoms with E-state index < -0.39 is 4.92 Å². The molecule has 102 valence electrons. The normalized spacial score (nSPS) is 18.6. The van der Waals surface area contributed by atoms with Crippen LogP contribution in [0, 0.1) is 17.0 Å². The average molecular weight is 283 g/mol. The number of nitrogens with zero attached hydrogens (tertiary/aromatic N) is 2. The maximum absolute atomic E-state index is 12.3. The van der Waals surface area contributed by atoms with E-state index in [0.29, 0.717) is 23.6 Å². The van der Waals surface area contributed by atoms with Crippen molar-refractivity contribution in [3.8, 4) is 0 Å². The van der Waals surface area contributed by atoms with Gasteiger partial charge in [0.15, 0.2) is 0 Å². The van der Waals surface area contributed by atoms with Crippen LogP contribution in [0.2, 0.25) is 0 Å². The lowest BCUT2D eigenvalue weighted by Crippen LogP contribution is -2.36. The highest BCUT2D eigenvalue weighted by molar-refractivity contribution is 6.18. The molecule has 1 aliphatic heterocycles. The molecular weight excluding hydrogens is 268 g/mol. The molecule has 1 aliphatic rings. The van der Waals surface area contributed by atoms with E-state index in [2.05, 4.69) is 0 Å². The lowest BCUT2D eigenvalue weighted by Gasteiger charge is -2.22. The van der Waals surface area contributed by atoms with E-state index in [1.807, 2.05) is 0 Å². The minimum absolute atomic E-state index is 0.0209. The fourth-order valence-electron chi connectivity index (χ4n) is 2.37. The van der Waals surface area contributed by atoms with Crippen molar-refractivity contribution in [2.75, 3.05) is 12.4 Å². The molecule has 1 atom stereocenters. The molecule has 0 bridgehead atoms. The number of likely N-dealkylation sites (tertiary alicyclic amines) is 1. The van der Waals surface area contributed by atoms with Gasteiger partial charge in [-0.1, -0.05) is 6.07 Å². The Bertz CT molecular complexity index is 519. The number of aryl methyl sites for hydroxylation is 1. The number of carbonyl (C=O) groups excluding carboxylic acids is 1. The third-order valence-corrected chi connectivity index (χ3v) is 3.83. The molecule has 5 nitrogen and oxygen atoms in total. The van der Waals surface area contributed by atoms with Gasteiger partial charge in [0.1, 0.15) is 0 Å². The predicted molar refractivity (Wildman–Crippen MR) is 72.6 cm³/mol. The van der Waals surface area contributed by atoms with Crippen LogP contribution in [0.3, 0.4) is 0 Å². The molecule has 1 aromatic rings. The van der Waals surface area contributed by atoms with Crippen LogP contribution in [0.4, 0.5) is 5.69 Å². The Balaban J connectivity index is 2.29. The summed E-state index contributed by atoms with van der Waals surface area (Å²) in [5.74, 6) is 0.228. The Morgan fingerprint density at radius 3 is 2.95 bits per heavy atom. The topological polar surface area (TPSA) is 63.5 Å². The van der Waals surface area contributed by atoms with Crippen molar-refractivity contribution < 1.29 is 9.72 Å². The van der Waals surface area contributed by atoms with Crippen molar-refractivity contribution >= 4 is 23.2 Å². The van der Waals surface area contributed by atoms with E-state index in [4.69, 9.17) is 11.6 Å². The Labute approximate surface area is 116 Å². The van der Waals surface area contributed by atoms with Gasteiger partial charge in [0.25, 0.3) is 11.6 Å². The summed E-state index contributed by atoms with van der Waals surface area (Å²) in [5, 5.41) is 10.9. The summed E-state index contributed by atoms with van der Waals surface area (Å²) in [6, 6.07) is 4.63. The van der Waals surface area contributed by atoms with E-state index >= 15 is 0 Å². The van der Waals surface area contributed by atoms with Gasteiger partial charge in [-0.3, -0.25) is 14.9 Å². The summed E-state index contributed by atoms with van der Waals surface area (Å²) in [4.78, 5) is 24.5. The maximum Gasteiger partial charge on any atom is 0.273 e. The molecule has 0 N–H and O–H groups in total. The quantitative estimate of drug-likeness (QED) is 0.486. The first-order chi connectivity index (χ1) is 9.04. The molecule has 19 heavy (non-hydrogen) atoms. The second-order valence-electron chi connectivity index (χ2n) is 4.71. The molecule has 2 rings (SSSR count). The van der Waals surface area contributed by atoms with Gasteiger partial charge in [-0.05, 0) is 25.8 Å². The van der Waals surface area contributed by atoms with Gasteiger partial charge in [-0.25, -0.2) is 0 Å². The highest BCUT2D eigenvalue weighted by Crippen LogP contribution is 2.24. The van der Waals surface area contributed by atoms with Crippen LogP contribution in [-0.4, -0.2) is 34.2 Å². The number of nitro benzene ring substituents is 1. The minimum atomic E-state index is -0.463. The third-order valence-electron chi connectivity index (χ3n) is 3.47. The number of hydrogen-bond donors (Lipinski definition) is 0. The van der Waals surface area contributed by atoms with Gasteiger partial charge in [-0.15, -0.1) is 11.6 Å². The molecule has 0 aliphatic carbocycles. The van der Waals surface area contributed by atoms with Gasteiger partial charge < -0.3 is 4.90 Å². The Morgan fingerprint density at radius 1 is 1.58 bits per heavy atom. The van der Waals surface area contributed by atoms with E-state index in [1.54, 1.807) is 24.0 Å². The van der Waals surface area contributed by atoms with Gasteiger partial charge >= 0.3 is 0 Å². The highest BCUT2D eigenvalue weighted by atomic mass is 35.5. The summed E-state index contributed by atoms with van der Waals surface area (Å²) in [6.45, 7) is 2.32. The van der Waals surface area contributed by atoms with Crippen molar-refractivity contribution in [2.24, 2.45) is 0 Å². The van der Waals surface area contributed by atoms with Crippen molar-refractivity contribution in [2.45, 2.75) is 25.8 Å². The molecule has 1 aromatic carbocycles. The van der Waals surface area contributed by atoms with Crippen LogP contribution in [0.15, 0.2) is 18.2 Å². The summed E-state index contributed by atoms with van der Waals surface area (Å²) in [7, 11) is 0. The average Bonchev–Trinajstić information content (AvgIpc) is 2.86. The fraction of sp³-hybridized carbons (Fsp3) is 0.462. The predicted octanol–water partition coefficient (Wildman–Crippen LogP) is 2.75. The van der Waals surface area contributed by atoms with E-state index in [9.17, 15) is 14.9 Å². The van der Waals surface area contributed by atoms with Crippen molar-refractivity contribution in [3.05, 3.63) is 39.4 Å². The van der Waals surface area contributed by atoms with Crippen LogP contribution in [-0.2, 0) is 0 Å². The van der Waals surface area contributed by atoms with Crippen LogP contribution < -0.4 is 0 Å². The monoisotopic (exact) mass is 282 g/mol. The van der Waals surface area contributed by atoms with Crippen molar-refractivity contribution in [1.29, 1.82) is 0 Å². The first-order valence-electron chi connectivity index (χ1n) is 6.16. The summed E-state index contributed by atoms with van der Waals surface area (Å²) < 4.78 is 0. The molecule has 1 amide bonds. The van der Waals surface area contributed by atoms with Gasteiger partial charge in [-0.2, -0.15) is 0 Å². The molecule has 1 saturated heterocycles. The minimum Gasteiger partial charge on any atom is -0.334 e. The zero-order valence-corrected chi connectivity index (χ0v) is 11.4. The van der Waals surface area contributed by atoms with E-state index in [-0.39, 0.29) is 17.6 Å². The number of rotatable bonds is 3. The second kappa shape index (κ2) is 5.57. The maximum atomic E-state index is 12.3. The summed E-state index contributed by atoms with van der Waals surface area (Å²) in [5.41, 5.74) is 0.888. The zero-order valence-electron chi connectivity index (χ0n) is 10.6. The molecule has 1 heterocycles. The first kappa shape index (κ1) is 13.8. The highest BCUT2D eigenvalue weighted by Gasteiger charge is 2.29. The Hall–Kier alpha value is -1.62. The number of carbonyl (C=O) groups is 1. The van der Waals surface area contributed by atoms with Crippen molar-refractivity contribution in [1.82, 2.24) is 4.90 Å². The molecule has 0 radical (unpaired) electrons. The first-order valence-corrected chi connectivity index (χ1v) is 6.70. The number of hydrogen-bond acceptors (Lipinski definition) is 3. The zero-order chi connectivity index (χ0) is 14.0. The number of benzene rings is 1. The van der Waals surface area contributed by atoms with Crippen LogP contribution >= 0.6 is 11.6 Å². The number of amides is 1. The molecule has 0 aromatic heterocycles. The van der Waals surface area contributed by atoms with Crippen molar-refractivity contribution in [3.63, 3.8) is 0 Å². The van der Waals surface area contributed by atoms with Crippen LogP contribution in [0.1, 0.15) is 28.8 Å². The van der Waals surface area contributed by atoms with Crippen LogP contribution in [0.25, 0.3) is 0 Å². The number of halogens is 1. The summed E-state index contributed by atoms with van der Waals surface area (Å²) in [6.07, 6.45) is 1.82. The SMILES string of the molecule is Cc1ccc(C(=O)N2CCCC2CCl)cc1[N+](=O)[O-]. The van der Waals surface area contributed by atoms with Crippen LogP contribution in [0.5, 0.6) is 0 Å². The number of nitro groups is 1. The van der Waals surface area contributed by atoms with Gasteiger partial charge in [0.2, 0.25) is 0 Å². The van der Waals surface area contributed by atoms with Gasteiger partial charge in [0.05, 0.1) is 4.92 Å². The lowest BCUT2D eigenvalue weighted by atomic mass is 10.1. The Morgan fingerprint density at radius 2 is 2.32 bits per heavy atom. The number of alkyl halides is 1. The smallest absolute Gasteiger partial charge is 0.273 e. The molecular formula is C13H15ClN2O3. The van der Waals surface area contributed by atoms with E-state index in [0.717, 1.165) is 12.8 Å². The molecule has 0 saturated carbocycles. The van der Waals surface area contributed by atoms with E-state index in [1.165, 1.54) is 6.07 Å². The second-order valence-corrected chi connectivity index (χ2v) is 5.02. The fourth-order valence-corrected chi connectivity index (χ4v) is 2.69. The van der Waals surface area contributed by atoms with Gasteiger partial charge in [0, 0.05) is 35.7 Å². The standard InChI is InChI=1S/C13H15ClN2O3/c1-9-4-5-10(7-12(9)16(18)19)13(17)15-6-2-3-11(15)8-14/h4-5,7,11H,2-3,6,8H2,1H3. The molecule has 1 unspecified atom stereocenters. The molecule has 1 fully saturated rings. The Kier molecular flexibility index (Phi) is 4.04.